The Bertz CT molecular complexity index is 706. The van der Waals surface area contributed by atoms with Gasteiger partial charge in [-0.25, -0.2) is 8.42 Å². The predicted octanol–water partition coefficient (Wildman–Crippen LogP) is 4.53. The number of halogens is 1. The van der Waals surface area contributed by atoms with Crippen LogP contribution in [-0.4, -0.2) is 14.7 Å². The van der Waals surface area contributed by atoms with Gasteiger partial charge in [0.25, 0.3) is 0 Å². The van der Waals surface area contributed by atoms with Crippen LogP contribution in [0.2, 0.25) is 0 Å². The standard InChI is InChI=1S/C17H19BrO2S/c1-3-5-13-8-10-14(11-9-13)17(18)15-6-4-7-16(12-15)21(2,19)20/h4,6-12,17H,3,5H2,1-2H3. The van der Waals surface area contributed by atoms with E-state index < -0.39 is 9.84 Å². The molecule has 0 saturated carbocycles. The van der Waals surface area contributed by atoms with Crippen molar-refractivity contribution >= 4 is 25.8 Å². The molecule has 0 spiro atoms. The summed E-state index contributed by atoms with van der Waals surface area (Å²) in [4.78, 5) is 0.349. The van der Waals surface area contributed by atoms with Gasteiger partial charge in [-0.1, -0.05) is 65.7 Å². The molecule has 0 aliphatic rings. The minimum Gasteiger partial charge on any atom is -0.224 e. The zero-order chi connectivity index (χ0) is 15.5. The quantitative estimate of drug-likeness (QED) is 0.728. The second kappa shape index (κ2) is 6.75. The van der Waals surface area contributed by atoms with Gasteiger partial charge in [0.05, 0.1) is 9.72 Å². The first-order valence-electron chi connectivity index (χ1n) is 6.94. The van der Waals surface area contributed by atoms with Crippen molar-refractivity contribution in [2.24, 2.45) is 0 Å². The molecule has 0 fully saturated rings. The lowest BCUT2D eigenvalue weighted by Gasteiger charge is -2.12. The van der Waals surface area contributed by atoms with E-state index in [1.165, 1.54) is 11.8 Å². The lowest BCUT2D eigenvalue weighted by atomic mass is 10.0. The fraction of sp³-hybridized carbons (Fsp3) is 0.294. The molecule has 0 aliphatic carbocycles. The molecule has 2 nitrogen and oxygen atoms in total. The molecule has 0 N–H and O–H groups in total. The minimum atomic E-state index is -3.18. The number of alkyl halides is 1. The van der Waals surface area contributed by atoms with Crippen LogP contribution in [0.4, 0.5) is 0 Å². The second-order valence-electron chi connectivity index (χ2n) is 5.20. The van der Waals surface area contributed by atoms with Crippen LogP contribution in [0.15, 0.2) is 53.4 Å². The SMILES string of the molecule is CCCc1ccc(C(Br)c2cccc(S(C)(=O)=O)c2)cc1. The minimum absolute atomic E-state index is 0.00474. The largest absolute Gasteiger partial charge is 0.224 e. The van der Waals surface area contributed by atoms with Crippen molar-refractivity contribution in [3.8, 4) is 0 Å². The number of hydrogen-bond acceptors (Lipinski definition) is 2. The third-order valence-electron chi connectivity index (χ3n) is 3.39. The molecule has 2 rings (SSSR count). The van der Waals surface area contributed by atoms with E-state index in [2.05, 4.69) is 47.1 Å². The molecular formula is C17H19BrO2S. The molecule has 0 heterocycles. The van der Waals surface area contributed by atoms with Gasteiger partial charge < -0.3 is 0 Å². The highest BCUT2D eigenvalue weighted by molar-refractivity contribution is 9.09. The Hall–Kier alpha value is -1.13. The van der Waals surface area contributed by atoms with Gasteiger partial charge in [0.1, 0.15) is 0 Å². The van der Waals surface area contributed by atoms with Crippen LogP contribution in [0.5, 0.6) is 0 Å². The summed E-state index contributed by atoms with van der Waals surface area (Å²) in [6.45, 7) is 2.16. The molecular weight excluding hydrogens is 348 g/mol. The molecule has 0 amide bonds. The van der Waals surface area contributed by atoms with E-state index in [0.29, 0.717) is 4.90 Å². The van der Waals surface area contributed by atoms with Crippen molar-refractivity contribution in [1.82, 2.24) is 0 Å². The van der Waals surface area contributed by atoms with Crippen LogP contribution in [0.3, 0.4) is 0 Å². The topological polar surface area (TPSA) is 34.1 Å². The van der Waals surface area contributed by atoms with Crippen molar-refractivity contribution in [2.75, 3.05) is 6.26 Å². The van der Waals surface area contributed by atoms with Crippen molar-refractivity contribution in [2.45, 2.75) is 29.5 Å². The fourth-order valence-corrected chi connectivity index (χ4v) is 3.50. The van der Waals surface area contributed by atoms with Gasteiger partial charge in [-0.2, -0.15) is 0 Å². The van der Waals surface area contributed by atoms with Crippen molar-refractivity contribution in [1.29, 1.82) is 0 Å². The van der Waals surface area contributed by atoms with E-state index in [1.54, 1.807) is 18.2 Å². The van der Waals surface area contributed by atoms with Gasteiger partial charge >= 0.3 is 0 Å². The van der Waals surface area contributed by atoms with Crippen LogP contribution in [0.1, 0.15) is 34.9 Å². The summed E-state index contributed by atoms with van der Waals surface area (Å²) in [5, 5.41) is 0. The van der Waals surface area contributed by atoms with Crippen molar-refractivity contribution < 1.29 is 8.42 Å². The number of sulfone groups is 1. The van der Waals surface area contributed by atoms with Gasteiger partial charge in [0.15, 0.2) is 9.84 Å². The zero-order valence-corrected chi connectivity index (χ0v) is 14.6. The van der Waals surface area contributed by atoms with Crippen LogP contribution < -0.4 is 0 Å². The Morgan fingerprint density at radius 3 is 2.29 bits per heavy atom. The number of aryl methyl sites for hydroxylation is 1. The summed E-state index contributed by atoms with van der Waals surface area (Å²) in [6, 6.07) is 15.5. The van der Waals surface area contributed by atoms with Crippen molar-refractivity contribution in [3.05, 3.63) is 65.2 Å². The number of hydrogen-bond donors (Lipinski definition) is 0. The summed E-state index contributed by atoms with van der Waals surface area (Å²) in [5.74, 6) is 0. The first kappa shape index (κ1) is 16.2. The Labute approximate surface area is 135 Å². The van der Waals surface area contributed by atoms with Crippen LogP contribution in [-0.2, 0) is 16.3 Å². The highest BCUT2D eigenvalue weighted by Gasteiger charge is 2.13. The Balaban J connectivity index is 2.29. The molecule has 0 aliphatic heterocycles. The average Bonchev–Trinajstić information content (AvgIpc) is 2.47. The van der Waals surface area contributed by atoms with Crippen molar-refractivity contribution in [3.63, 3.8) is 0 Å². The van der Waals surface area contributed by atoms with E-state index in [9.17, 15) is 8.42 Å². The van der Waals surface area contributed by atoms with Gasteiger partial charge in [0, 0.05) is 6.26 Å². The Morgan fingerprint density at radius 1 is 1.05 bits per heavy atom. The second-order valence-corrected chi connectivity index (χ2v) is 8.13. The van der Waals surface area contributed by atoms with E-state index in [0.717, 1.165) is 24.0 Å². The Morgan fingerprint density at radius 2 is 1.71 bits per heavy atom. The highest BCUT2D eigenvalue weighted by atomic mass is 79.9. The lowest BCUT2D eigenvalue weighted by molar-refractivity contribution is 0.602. The third-order valence-corrected chi connectivity index (χ3v) is 5.56. The fourth-order valence-electron chi connectivity index (χ4n) is 2.24. The summed E-state index contributed by atoms with van der Waals surface area (Å²) in [7, 11) is -3.18. The van der Waals surface area contributed by atoms with Crippen LogP contribution in [0, 0.1) is 0 Å². The van der Waals surface area contributed by atoms with Gasteiger partial charge in [-0.15, -0.1) is 0 Å². The molecule has 112 valence electrons. The molecule has 0 aromatic heterocycles. The van der Waals surface area contributed by atoms with Crippen LogP contribution >= 0.6 is 15.9 Å². The normalized spacial score (nSPS) is 13.1. The average molecular weight is 367 g/mol. The molecule has 21 heavy (non-hydrogen) atoms. The van der Waals surface area contributed by atoms with Crippen LogP contribution in [0.25, 0.3) is 0 Å². The van der Waals surface area contributed by atoms with E-state index >= 15 is 0 Å². The monoisotopic (exact) mass is 366 g/mol. The molecule has 1 atom stereocenters. The van der Waals surface area contributed by atoms with Gasteiger partial charge in [-0.3, -0.25) is 0 Å². The molecule has 0 radical (unpaired) electrons. The summed E-state index contributed by atoms with van der Waals surface area (Å²) >= 11 is 3.66. The van der Waals surface area contributed by atoms with Gasteiger partial charge in [0.2, 0.25) is 0 Å². The molecule has 0 bridgehead atoms. The first-order valence-corrected chi connectivity index (χ1v) is 9.75. The zero-order valence-electron chi connectivity index (χ0n) is 12.2. The summed E-state index contributed by atoms with van der Waals surface area (Å²) < 4.78 is 23.3. The van der Waals surface area contributed by atoms with E-state index in [1.807, 2.05) is 6.07 Å². The molecule has 1 unspecified atom stereocenters. The lowest BCUT2D eigenvalue weighted by Crippen LogP contribution is -2.00. The molecule has 4 heteroatoms. The van der Waals surface area contributed by atoms with E-state index in [-0.39, 0.29) is 4.83 Å². The molecule has 2 aromatic rings. The highest BCUT2D eigenvalue weighted by Crippen LogP contribution is 2.32. The summed E-state index contributed by atoms with van der Waals surface area (Å²) in [6.07, 6.45) is 3.44. The first-order chi connectivity index (χ1) is 9.91. The summed E-state index contributed by atoms with van der Waals surface area (Å²) in [5.41, 5.74) is 3.40. The molecule has 2 aromatic carbocycles. The third kappa shape index (κ3) is 4.17. The number of rotatable bonds is 5. The predicted molar refractivity (Wildman–Crippen MR) is 90.8 cm³/mol. The Kier molecular flexibility index (Phi) is 5.22. The van der Waals surface area contributed by atoms with Gasteiger partial charge in [-0.05, 0) is 35.2 Å². The smallest absolute Gasteiger partial charge is 0.175 e. The number of benzene rings is 2. The molecule has 0 saturated heterocycles. The maximum absolute atomic E-state index is 11.6. The maximum Gasteiger partial charge on any atom is 0.175 e. The maximum atomic E-state index is 11.6. The van der Waals surface area contributed by atoms with E-state index in [4.69, 9.17) is 0 Å².